The average Bonchev–Trinajstić information content (AvgIpc) is 1.78. The van der Waals surface area contributed by atoms with Crippen molar-refractivity contribution in [1.82, 2.24) is 0 Å². The average molecular weight is 269 g/mol. The molecule has 0 aliphatic rings. The number of rotatable bonds is 5. The largest absolute Gasteiger partial charge is 0.436 e. The minimum absolute atomic E-state index is 0.752. The van der Waals surface area contributed by atoms with Crippen LogP contribution in [-0.2, 0) is 8.23 Å². The molecule has 0 aromatic carbocycles. The van der Waals surface area contributed by atoms with Gasteiger partial charge in [-0.1, -0.05) is 0 Å². The van der Waals surface area contributed by atoms with Crippen molar-refractivity contribution in [3.8, 4) is 0 Å². The quantitative estimate of drug-likeness (QED) is 0.610. The Balaban J connectivity index is 4.49. The summed E-state index contributed by atoms with van der Waals surface area (Å²) in [7, 11) is -5.01. The van der Waals surface area contributed by atoms with Crippen molar-refractivity contribution in [2.45, 2.75) is 45.8 Å². The highest BCUT2D eigenvalue weighted by Gasteiger charge is 2.38. The van der Waals surface area contributed by atoms with Crippen LogP contribution in [0.25, 0.3) is 0 Å². The molecule has 0 aromatic heterocycles. The lowest BCUT2D eigenvalue weighted by molar-refractivity contribution is 0.394. The van der Waals surface area contributed by atoms with E-state index in [4.69, 9.17) is 8.23 Å². The molecule has 6 heteroatoms. The first-order valence-electron chi connectivity index (χ1n) is 4.99. The second-order valence-electron chi connectivity index (χ2n) is 5.72. The summed E-state index contributed by atoms with van der Waals surface area (Å²) in [5.74, 6) is 0. The third-order valence-corrected chi connectivity index (χ3v) is 12.0. The molecular weight excluding hydrogens is 244 g/mol. The van der Waals surface area contributed by atoms with Crippen molar-refractivity contribution < 1.29 is 8.23 Å². The van der Waals surface area contributed by atoms with Crippen molar-refractivity contribution in [2.24, 2.45) is 0 Å². The molecule has 0 aliphatic heterocycles. The summed E-state index contributed by atoms with van der Waals surface area (Å²) in [6, 6.07) is 0. The molecule has 86 valence electrons. The van der Waals surface area contributed by atoms with E-state index in [-0.39, 0.29) is 0 Å². The highest BCUT2D eigenvalue weighted by atomic mass is 32.1. The lowest BCUT2D eigenvalue weighted by atomic mass is 11.8. The molecule has 0 N–H and O–H groups in total. The summed E-state index contributed by atoms with van der Waals surface area (Å²) in [5, 5.41) is 0.752. The maximum absolute atomic E-state index is 6.16. The zero-order valence-electron chi connectivity index (χ0n) is 10.5. The molecule has 0 heterocycles. The van der Waals surface area contributed by atoms with Crippen LogP contribution in [0.15, 0.2) is 0 Å². The molecule has 0 atom stereocenters. The summed E-state index contributed by atoms with van der Waals surface area (Å²) in [6.45, 7) is 15.4. The van der Waals surface area contributed by atoms with Gasteiger partial charge in [0.2, 0.25) is 0 Å². The van der Waals surface area contributed by atoms with Gasteiger partial charge in [-0.3, -0.25) is 0 Å². The first-order valence-corrected chi connectivity index (χ1v) is 15.0. The highest BCUT2D eigenvalue weighted by Crippen LogP contribution is 2.21. The van der Waals surface area contributed by atoms with Crippen LogP contribution in [0.4, 0.5) is 0 Å². The smallest absolute Gasteiger partial charge is 0.324 e. The van der Waals surface area contributed by atoms with Gasteiger partial charge in [0.05, 0.1) is 0 Å². The fourth-order valence-electron chi connectivity index (χ4n) is 1.38. The molecule has 0 spiro atoms. The van der Waals surface area contributed by atoms with Crippen molar-refractivity contribution in [2.75, 3.05) is 5.38 Å². The fourth-order valence-corrected chi connectivity index (χ4v) is 14.0. The maximum atomic E-state index is 6.16. The van der Waals surface area contributed by atoms with Crippen LogP contribution in [0, 0.1) is 0 Å². The Kier molecular flexibility index (Phi) is 5.15. The maximum Gasteiger partial charge on any atom is 0.324 e. The van der Waals surface area contributed by atoms with Crippen molar-refractivity contribution in [3.63, 3.8) is 0 Å². The van der Waals surface area contributed by atoms with E-state index in [1.165, 1.54) is 0 Å². The summed E-state index contributed by atoms with van der Waals surface area (Å²) < 4.78 is 12.3. The van der Waals surface area contributed by atoms with Gasteiger partial charge in [0.1, 0.15) is 0 Å². The summed E-state index contributed by atoms with van der Waals surface area (Å²) in [5.41, 5.74) is 0. The third-order valence-electron chi connectivity index (χ3n) is 1.33. The van der Waals surface area contributed by atoms with Crippen LogP contribution in [0.5, 0.6) is 0 Å². The van der Waals surface area contributed by atoms with Gasteiger partial charge in [0.25, 0.3) is 0 Å². The predicted octanol–water partition coefficient (Wildman–Crippen LogP) is 3.23. The van der Waals surface area contributed by atoms with Gasteiger partial charge in [-0.15, -0.1) is 0 Å². The van der Waals surface area contributed by atoms with E-state index < -0.39 is 25.2 Å². The third kappa shape index (κ3) is 7.24. The zero-order valence-corrected chi connectivity index (χ0v) is 14.4. The van der Waals surface area contributed by atoms with E-state index in [0.29, 0.717) is 0 Å². The molecule has 2 nitrogen and oxygen atoms in total. The van der Waals surface area contributed by atoms with Crippen LogP contribution in [0.1, 0.15) is 0 Å². The number of hydrogen-bond donors (Lipinski definition) is 1. The molecule has 0 saturated carbocycles. The standard InChI is InChI=1S/C8H24O2SSi3/c1-12(2,3)9-14(7,8-11)10-13(4,5)6/h11H,8H2,1-7H3. The van der Waals surface area contributed by atoms with Crippen molar-refractivity contribution in [1.29, 1.82) is 0 Å². The first kappa shape index (κ1) is 14.9. The van der Waals surface area contributed by atoms with E-state index in [1.807, 2.05) is 0 Å². The Morgan fingerprint density at radius 1 is 0.786 bits per heavy atom. The monoisotopic (exact) mass is 268 g/mol. The molecular formula is C8H24O2SSi3. The molecule has 0 aromatic rings. The molecule has 0 aliphatic carbocycles. The van der Waals surface area contributed by atoms with E-state index >= 15 is 0 Å². The molecule has 0 saturated heterocycles. The molecule has 0 radical (unpaired) electrons. The van der Waals surface area contributed by atoms with Gasteiger partial charge in [0, 0.05) is 5.38 Å². The van der Waals surface area contributed by atoms with Crippen LogP contribution < -0.4 is 0 Å². The minimum atomic E-state index is -2.01. The SMILES string of the molecule is C[Si](C)(C)O[Si](C)(CS)O[Si](C)(C)C. The molecule has 14 heavy (non-hydrogen) atoms. The van der Waals surface area contributed by atoms with E-state index in [2.05, 4.69) is 58.5 Å². The number of hydrogen-bond acceptors (Lipinski definition) is 3. The molecule has 0 rings (SSSR count). The van der Waals surface area contributed by atoms with Gasteiger partial charge < -0.3 is 8.23 Å². The minimum Gasteiger partial charge on any atom is -0.436 e. The van der Waals surface area contributed by atoms with Gasteiger partial charge in [0.15, 0.2) is 16.6 Å². The van der Waals surface area contributed by atoms with Gasteiger partial charge in [-0.2, -0.15) is 12.6 Å². The Labute approximate surface area is 97.3 Å². The fraction of sp³-hybridized carbons (Fsp3) is 1.00. The van der Waals surface area contributed by atoms with E-state index in [0.717, 1.165) is 5.38 Å². The molecule has 0 unspecified atom stereocenters. The second kappa shape index (κ2) is 4.84. The Morgan fingerprint density at radius 3 is 1.21 bits per heavy atom. The second-order valence-corrected chi connectivity index (χ2v) is 19.3. The summed E-state index contributed by atoms with van der Waals surface area (Å²) >= 11 is 4.38. The van der Waals surface area contributed by atoms with Crippen LogP contribution >= 0.6 is 12.6 Å². The lowest BCUT2D eigenvalue weighted by Crippen LogP contribution is -2.54. The predicted molar refractivity (Wildman–Crippen MR) is 74.3 cm³/mol. The lowest BCUT2D eigenvalue weighted by Gasteiger charge is -2.37. The Morgan fingerprint density at radius 2 is 1.07 bits per heavy atom. The van der Waals surface area contributed by atoms with Crippen LogP contribution in [0.3, 0.4) is 0 Å². The van der Waals surface area contributed by atoms with Crippen LogP contribution in [-0.4, -0.2) is 30.6 Å². The van der Waals surface area contributed by atoms with Crippen molar-refractivity contribution >= 4 is 37.8 Å². The molecule has 0 amide bonds. The van der Waals surface area contributed by atoms with Crippen molar-refractivity contribution in [3.05, 3.63) is 0 Å². The highest BCUT2D eigenvalue weighted by molar-refractivity contribution is 7.82. The summed E-state index contributed by atoms with van der Waals surface area (Å²) in [6.07, 6.45) is 0. The van der Waals surface area contributed by atoms with Gasteiger partial charge in [-0.05, 0) is 45.8 Å². The van der Waals surface area contributed by atoms with E-state index in [1.54, 1.807) is 0 Å². The van der Waals surface area contributed by atoms with E-state index in [9.17, 15) is 0 Å². The Bertz CT molecular complexity index is 170. The Hall–Kier alpha value is 0.921. The molecule has 0 bridgehead atoms. The topological polar surface area (TPSA) is 18.5 Å². The zero-order chi connectivity index (χ0) is 11.6. The first-order chi connectivity index (χ1) is 5.97. The number of thiol groups is 1. The van der Waals surface area contributed by atoms with Crippen LogP contribution in [0.2, 0.25) is 45.8 Å². The molecule has 0 fully saturated rings. The van der Waals surface area contributed by atoms with Gasteiger partial charge >= 0.3 is 8.56 Å². The summed E-state index contributed by atoms with van der Waals surface area (Å²) in [4.78, 5) is 0. The normalized spacial score (nSPS) is 14.6. The van der Waals surface area contributed by atoms with Gasteiger partial charge in [-0.25, -0.2) is 0 Å².